The molecule has 1 aliphatic carbocycles. The summed E-state index contributed by atoms with van der Waals surface area (Å²) in [4.78, 5) is 24.1. The summed E-state index contributed by atoms with van der Waals surface area (Å²) in [7, 11) is 1.59. The molecule has 0 aliphatic heterocycles. The minimum atomic E-state index is -0.910. The number of carboxylic acids is 1. The average molecular weight is 209 g/mol. The van der Waals surface area contributed by atoms with Gasteiger partial charge in [-0.05, 0) is 5.41 Å². The predicted molar refractivity (Wildman–Crippen MR) is 54.9 cm³/mol. The van der Waals surface area contributed by atoms with Gasteiger partial charge in [0.05, 0.1) is 18.4 Å². The summed E-state index contributed by atoms with van der Waals surface area (Å²) in [5.74, 6) is 0.260. The summed E-state index contributed by atoms with van der Waals surface area (Å²) >= 11 is 0. The maximum atomic E-state index is 11.8. The van der Waals surface area contributed by atoms with Gasteiger partial charge in [0.2, 0.25) is 5.91 Å². The van der Waals surface area contributed by atoms with Crippen LogP contribution in [0, 0.1) is 29.6 Å². The summed E-state index contributed by atoms with van der Waals surface area (Å²) < 4.78 is 0. The van der Waals surface area contributed by atoms with Crippen molar-refractivity contribution >= 4 is 11.9 Å². The monoisotopic (exact) mass is 209 g/mol. The first-order valence-corrected chi connectivity index (χ1v) is 4.75. The third-order valence-electron chi connectivity index (χ3n) is 3.06. The molecule has 2 atom stereocenters. The van der Waals surface area contributed by atoms with Gasteiger partial charge in [-0.3, -0.25) is 9.59 Å². The number of carboxylic acid groups (broad SMARTS) is 1. The van der Waals surface area contributed by atoms with E-state index in [-0.39, 0.29) is 12.5 Å². The Hall–Kier alpha value is -1.50. The highest BCUT2D eigenvalue weighted by Gasteiger charge is 2.66. The average Bonchev–Trinajstić information content (AvgIpc) is 2.68. The molecule has 0 heterocycles. The molecular formula is C11H15NO3. The number of nitrogens with zero attached hydrogens (tertiary/aromatic N) is 1. The lowest BCUT2D eigenvalue weighted by Gasteiger charge is -2.14. The number of hydrogen-bond donors (Lipinski definition) is 1. The summed E-state index contributed by atoms with van der Waals surface area (Å²) in [5.41, 5.74) is -0.453. The van der Waals surface area contributed by atoms with Crippen LogP contribution in [0.15, 0.2) is 0 Å². The van der Waals surface area contributed by atoms with Gasteiger partial charge in [-0.25, -0.2) is 0 Å². The van der Waals surface area contributed by atoms with Crippen LogP contribution in [-0.2, 0) is 9.59 Å². The van der Waals surface area contributed by atoms with Crippen molar-refractivity contribution in [2.24, 2.45) is 17.3 Å². The Kier molecular flexibility index (Phi) is 2.76. The molecule has 1 amide bonds. The molecule has 1 fully saturated rings. The van der Waals surface area contributed by atoms with Gasteiger partial charge in [0.25, 0.3) is 0 Å². The molecule has 1 saturated carbocycles. The molecule has 4 heteroatoms. The van der Waals surface area contributed by atoms with Crippen LogP contribution in [0.4, 0.5) is 0 Å². The second kappa shape index (κ2) is 3.58. The number of terminal acetylenes is 1. The van der Waals surface area contributed by atoms with E-state index in [4.69, 9.17) is 11.5 Å². The lowest BCUT2D eigenvalue weighted by molar-refractivity contribution is -0.141. The van der Waals surface area contributed by atoms with Gasteiger partial charge in [0.15, 0.2) is 0 Å². The van der Waals surface area contributed by atoms with Crippen LogP contribution in [0.1, 0.15) is 13.8 Å². The Balaban J connectivity index is 2.73. The molecule has 2 unspecified atom stereocenters. The molecule has 0 saturated heterocycles. The van der Waals surface area contributed by atoms with Crippen molar-refractivity contribution in [2.45, 2.75) is 13.8 Å². The Morgan fingerprint density at radius 3 is 2.33 bits per heavy atom. The van der Waals surface area contributed by atoms with Crippen molar-refractivity contribution in [3.05, 3.63) is 0 Å². The molecule has 4 nitrogen and oxygen atoms in total. The number of aliphatic carboxylic acids is 1. The number of rotatable bonds is 3. The molecule has 0 aromatic rings. The smallest absolute Gasteiger partial charge is 0.307 e. The predicted octanol–water partition coefficient (Wildman–Crippen LogP) is 0.435. The van der Waals surface area contributed by atoms with Crippen LogP contribution in [0.5, 0.6) is 0 Å². The second-order valence-corrected chi connectivity index (χ2v) is 4.51. The minimum Gasteiger partial charge on any atom is -0.481 e. The largest absolute Gasteiger partial charge is 0.481 e. The van der Waals surface area contributed by atoms with E-state index in [9.17, 15) is 9.59 Å². The first kappa shape index (κ1) is 11.6. The Morgan fingerprint density at radius 2 is 2.00 bits per heavy atom. The summed E-state index contributed by atoms with van der Waals surface area (Å²) in [6, 6.07) is 0. The van der Waals surface area contributed by atoms with Gasteiger partial charge in [-0.1, -0.05) is 19.8 Å². The molecule has 1 rings (SSSR count). The van der Waals surface area contributed by atoms with E-state index in [2.05, 4.69) is 5.92 Å². The van der Waals surface area contributed by atoms with Crippen LogP contribution in [0.3, 0.4) is 0 Å². The quantitative estimate of drug-likeness (QED) is 0.686. The molecule has 82 valence electrons. The lowest BCUT2D eigenvalue weighted by Crippen LogP contribution is -2.30. The minimum absolute atomic E-state index is 0.176. The van der Waals surface area contributed by atoms with Gasteiger partial charge in [0, 0.05) is 7.05 Å². The van der Waals surface area contributed by atoms with Crippen molar-refractivity contribution in [1.29, 1.82) is 0 Å². The highest BCUT2D eigenvalue weighted by molar-refractivity contribution is 5.91. The fraction of sp³-hybridized carbons (Fsp3) is 0.636. The molecule has 1 aliphatic rings. The van der Waals surface area contributed by atoms with Gasteiger partial charge in [-0.15, -0.1) is 6.42 Å². The molecule has 0 aromatic carbocycles. The van der Waals surface area contributed by atoms with Crippen molar-refractivity contribution in [1.82, 2.24) is 4.90 Å². The van der Waals surface area contributed by atoms with Crippen LogP contribution in [0.2, 0.25) is 0 Å². The first-order valence-electron chi connectivity index (χ1n) is 4.75. The van der Waals surface area contributed by atoms with Crippen molar-refractivity contribution < 1.29 is 14.7 Å². The number of amides is 1. The van der Waals surface area contributed by atoms with Crippen LogP contribution in [0.25, 0.3) is 0 Å². The molecule has 0 bridgehead atoms. The summed E-state index contributed by atoms with van der Waals surface area (Å²) in [5, 5.41) is 8.91. The molecule has 0 spiro atoms. The maximum absolute atomic E-state index is 11.8. The second-order valence-electron chi connectivity index (χ2n) is 4.51. The zero-order chi connectivity index (χ0) is 11.8. The summed E-state index contributed by atoms with van der Waals surface area (Å²) in [6.07, 6.45) is 5.09. The Labute approximate surface area is 89.3 Å². The fourth-order valence-corrected chi connectivity index (χ4v) is 2.01. The maximum Gasteiger partial charge on any atom is 0.307 e. The zero-order valence-electron chi connectivity index (χ0n) is 9.15. The van der Waals surface area contributed by atoms with Crippen LogP contribution in [-0.4, -0.2) is 35.5 Å². The van der Waals surface area contributed by atoms with Gasteiger partial charge < -0.3 is 10.0 Å². The van der Waals surface area contributed by atoms with E-state index in [0.717, 1.165) is 0 Å². The van der Waals surface area contributed by atoms with E-state index in [1.54, 1.807) is 20.9 Å². The SMILES string of the molecule is C#CCN(C)C(=O)C1C(C(=O)O)C1(C)C. The van der Waals surface area contributed by atoms with Gasteiger partial charge in [0.1, 0.15) is 0 Å². The van der Waals surface area contributed by atoms with Gasteiger partial charge >= 0.3 is 5.97 Å². The Morgan fingerprint density at radius 1 is 1.47 bits per heavy atom. The van der Waals surface area contributed by atoms with Crippen molar-refractivity contribution in [2.75, 3.05) is 13.6 Å². The normalized spacial score (nSPS) is 26.5. The molecule has 0 radical (unpaired) electrons. The van der Waals surface area contributed by atoms with Gasteiger partial charge in [-0.2, -0.15) is 0 Å². The number of carbonyl (C=O) groups excluding carboxylic acids is 1. The van der Waals surface area contributed by atoms with E-state index < -0.39 is 23.2 Å². The molecular weight excluding hydrogens is 194 g/mol. The van der Waals surface area contributed by atoms with Crippen molar-refractivity contribution in [3.8, 4) is 12.3 Å². The van der Waals surface area contributed by atoms with Crippen LogP contribution < -0.4 is 0 Å². The zero-order valence-corrected chi connectivity index (χ0v) is 9.15. The van der Waals surface area contributed by atoms with Crippen molar-refractivity contribution in [3.63, 3.8) is 0 Å². The number of hydrogen-bond acceptors (Lipinski definition) is 2. The van der Waals surface area contributed by atoms with E-state index in [0.29, 0.717) is 0 Å². The molecule has 1 N–H and O–H groups in total. The molecule has 15 heavy (non-hydrogen) atoms. The lowest BCUT2D eigenvalue weighted by atomic mass is 10.1. The summed E-state index contributed by atoms with van der Waals surface area (Å²) in [6.45, 7) is 3.80. The third kappa shape index (κ3) is 1.82. The third-order valence-corrected chi connectivity index (χ3v) is 3.06. The fourth-order valence-electron chi connectivity index (χ4n) is 2.01. The highest BCUT2D eigenvalue weighted by atomic mass is 16.4. The highest BCUT2D eigenvalue weighted by Crippen LogP contribution is 2.58. The van der Waals surface area contributed by atoms with E-state index in [1.807, 2.05) is 0 Å². The van der Waals surface area contributed by atoms with E-state index in [1.165, 1.54) is 4.90 Å². The standard InChI is InChI=1S/C11H15NO3/c1-5-6-12(4)9(13)7-8(10(14)15)11(7,2)3/h1,7-8H,6H2,2-4H3,(H,14,15). The van der Waals surface area contributed by atoms with E-state index >= 15 is 0 Å². The van der Waals surface area contributed by atoms with Crippen LogP contribution >= 0.6 is 0 Å². The Bertz CT molecular complexity index is 340. The number of carbonyl (C=O) groups is 2. The first-order chi connectivity index (χ1) is 6.84. The molecule has 0 aromatic heterocycles. The topological polar surface area (TPSA) is 57.6 Å².